The van der Waals surface area contributed by atoms with Gasteiger partial charge in [0.2, 0.25) is 18.0 Å². The second-order valence-corrected chi connectivity index (χ2v) is 5.92. The predicted octanol–water partition coefficient (Wildman–Crippen LogP) is 3.68. The number of para-hydroxylation sites is 2. The van der Waals surface area contributed by atoms with E-state index in [2.05, 4.69) is 5.10 Å². The molecule has 1 aliphatic heterocycles. The summed E-state index contributed by atoms with van der Waals surface area (Å²) in [4.78, 5) is 11.9. The van der Waals surface area contributed by atoms with Crippen LogP contribution in [0.1, 0.15) is 19.4 Å². The minimum Gasteiger partial charge on any atom is -0.493 e. The van der Waals surface area contributed by atoms with E-state index in [1.807, 2.05) is 43.3 Å². The number of halogens is 1. The van der Waals surface area contributed by atoms with Crippen LogP contribution in [0.4, 0.5) is 0 Å². The van der Waals surface area contributed by atoms with Gasteiger partial charge in [-0.1, -0.05) is 35.9 Å². The third kappa shape index (κ3) is 3.91. The summed E-state index contributed by atoms with van der Waals surface area (Å²) in [5, 5.41) is 6.05. The van der Waals surface area contributed by atoms with Crippen LogP contribution >= 0.6 is 11.6 Å². The molecule has 1 atom stereocenters. The van der Waals surface area contributed by atoms with Gasteiger partial charge in [0, 0.05) is 6.92 Å². The van der Waals surface area contributed by atoms with Gasteiger partial charge in [0.05, 0.1) is 17.2 Å². The lowest BCUT2D eigenvalue weighted by molar-refractivity contribution is -0.136. The minimum absolute atomic E-state index is 0.0904. The van der Waals surface area contributed by atoms with Crippen LogP contribution in [0.2, 0.25) is 5.02 Å². The number of carbonyl (C=O) groups is 1. The van der Waals surface area contributed by atoms with Crippen LogP contribution in [0.25, 0.3) is 0 Å². The summed E-state index contributed by atoms with van der Waals surface area (Å²) >= 11 is 6.10. The monoisotopic (exact) mass is 374 g/mol. The largest absolute Gasteiger partial charge is 0.493 e. The van der Waals surface area contributed by atoms with E-state index < -0.39 is 6.23 Å². The zero-order valence-corrected chi connectivity index (χ0v) is 15.3. The van der Waals surface area contributed by atoms with Gasteiger partial charge in [0.15, 0.2) is 0 Å². The first-order valence-corrected chi connectivity index (χ1v) is 8.62. The molecule has 0 aliphatic carbocycles. The zero-order valence-electron chi connectivity index (χ0n) is 14.5. The minimum atomic E-state index is -0.687. The van der Waals surface area contributed by atoms with Crippen LogP contribution in [0.15, 0.2) is 53.6 Å². The highest BCUT2D eigenvalue weighted by molar-refractivity contribution is 6.32. The zero-order chi connectivity index (χ0) is 18.5. The summed E-state index contributed by atoms with van der Waals surface area (Å²) < 4.78 is 17.2. The van der Waals surface area contributed by atoms with Crippen LogP contribution in [-0.2, 0) is 9.53 Å². The van der Waals surface area contributed by atoms with Gasteiger partial charge in [-0.05, 0) is 31.2 Å². The normalized spacial score (nSPS) is 16.0. The van der Waals surface area contributed by atoms with Crippen LogP contribution in [0.5, 0.6) is 11.5 Å². The van der Waals surface area contributed by atoms with Crippen molar-refractivity contribution in [3.8, 4) is 11.5 Å². The van der Waals surface area contributed by atoms with Gasteiger partial charge in [-0.15, -0.1) is 5.10 Å². The van der Waals surface area contributed by atoms with Gasteiger partial charge in [-0.3, -0.25) is 4.79 Å². The van der Waals surface area contributed by atoms with E-state index in [9.17, 15) is 4.79 Å². The fourth-order valence-corrected chi connectivity index (χ4v) is 2.70. The summed E-state index contributed by atoms with van der Waals surface area (Å²) in [6.07, 6.45) is -0.687. The Labute approximate surface area is 156 Å². The Bertz CT molecular complexity index is 825. The number of hydrazone groups is 1. The Morgan fingerprint density at radius 3 is 2.54 bits per heavy atom. The maximum Gasteiger partial charge on any atom is 0.244 e. The molecule has 2 aromatic rings. The molecule has 3 rings (SSSR count). The fourth-order valence-electron chi connectivity index (χ4n) is 2.51. The van der Waals surface area contributed by atoms with Crippen LogP contribution in [0.3, 0.4) is 0 Å². The number of carbonyl (C=O) groups excluding carboxylic acids is 1. The summed E-state index contributed by atoms with van der Waals surface area (Å²) in [6, 6.07) is 14.5. The highest BCUT2D eigenvalue weighted by Gasteiger charge is 2.33. The second-order valence-electron chi connectivity index (χ2n) is 5.51. The highest BCUT2D eigenvalue weighted by atomic mass is 35.5. The highest BCUT2D eigenvalue weighted by Crippen LogP contribution is 2.27. The first-order chi connectivity index (χ1) is 12.6. The van der Waals surface area contributed by atoms with Crippen molar-refractivity contribution < 1.29 is 19.0 Å². The van der Waals surface area contributed by atoms with Crippen molar-refractivity contribution in [1.29, 1.82) is 0 Å². The van der Waals surface area contributed by atoms with Gasteiger partial charge < -0.3 is 14.2 Å². The van der Waals surface area contributed by atoms with Crippen LogP contribution in [-0.4, -0.2) is 36.3 Å². The van der Waals surface area contributed by atoms with Crippen molar-refractivity contribution in [2.75, 3.05) is 13.2 Å². The molecule has 0 spiro atoms. The topological polar surface area (TPSA) is 60.4 Å². The molecular formula is C19H19ClN2O4. The third-order valence-corrected chi connectivity index (χ3v) is 3.99. The van der Waals surface area contributed by atoms with Crippen molar-refractivity contribution in [3.63, 3.8) is 0 Å². The number of benzene rings is 2. The quantitative estimate of drug-likeness (QED) is 0.773. The molecule has 2 aromatic carbocycles. The lowest BCUT2D eigenvalue weighted by Gasteiger charge is -2.19. The molecular weight excluding hydrogens is 356 g/mol. The molecule has 0 saturated carbocycles. The predicted molar refractivity (Wildman–Crippen MR) is 98.5 cm³/mol. The Kier molecular flexibility index (Phi) is 5.63. The van der Waals surface area contributed by atoms with Crippen LogP contribution < -0.4 is 9.47 Å². The smallest absolute Gasteiger partial charge is 0.244 e. The number of amides is 1. The lowest BCUT2D eigenvalue weighted by Crippen LogP contribution is -2.36. The van der Waals surface area contributed by atoms with E-state index in [0.29, 0.717) is 34.6 Å². The standard InChI is InChI=1S/C19H19ClN2O4/c1-3-24-16-10-6-4-8-14(16)19-21-22(13(2)23)18(26-19)12-25-17-11-7-5-9-15(17)20/h4-11,18H,3,12H2,1-2H3. The Balaban J connectivity index is 1.78. The van der Waals surface area contributed by atoms with E-state index in [4.69, 9.17) is 25.8 Å². The van der Waals surface area contributed by atoms with Gasteiger partial charge >= 0.3 is 0 Å². The van der Waals surface area contributed by atoms with E-state index in [1.165, 1.54) is 11.9 Å². The number of rotatable bonds is 6. The second kappa shape index (κ2) is 8.10. The first-order valence-electron chi connectivity index (χ1n) is 8.24. The molecule has 6 nitrogen and oxygen atoms in total. The molecule has 1 amide bonds. The van der Waals surface area contributed by atoms with E-state index >= 15 is 0 Å². The van der Waals surface area contributed by atoms with E-state index in [1.54, 1.807) is 12.1 Å². The van der Waals surface area contributed by atoms with Crippen molar-refractivity contribution in [2.45, 2.75) is 20.1 Å². The van der Waals surface area contributed by atoms with Gasteiger partial charge in [0.1, 0.15) is 18.1 Å². The van der Waals surface area contributed by atoms with Crippen molar-refractivity contribution in [1.82, 2.24) is 5.01 Å². The molecule has 136 valence electrons. The molecule has 0 radical (unpaired) electrons. The SMILES string of the molecule is CCOc1ccccc1C1=NN(C(C)=O)C(COc2ccccc2Cl)O1. The number of hydrogen-bond donors (Lipinski definition) is 0. The van der Waals surface area contributed by atoms with E-state index in [0.717, 1.165) is 0 Å². The fraction of sp³-hybridized carbons (Fsp3) is 0.263. The molecule has 1 aliphatic rings. The van der Waals surface area contributed by atoms with Crippen molar-refractivity contribution >= 4 is 23.4 Å². The maximum absolute atomic E-state index is 11.9. The summed E-state index contributed by atoms with van der Waals surface area (Å²) in [5.41, 5.74) is 0.681. The van der Waals surface area contributed by atoms with E-state index in [-0.39, 0.29) is 12.5 Å². The molecule has 1 unspecified atom stereocenters. The maximum atomic E-state index is 11.9. The third-order valence-electron chi connectivity index (χ3n) is 3.68. The number of nitrogens with zero attached hydrogens (tertiary/aromatic N) is 2. The molecule has 0 fully saturated rings. The van der Waals surface area contributed by atoms with Gasteiger partial charge in [0.25, 0.3) is 0 Å². The molecule has 1 heterocycles. The molecule has 26 heavy (non-hydrogen) atoms. The van der Waals surface area contributed by atoms with Crippen molar-refractivity contribution in [2.24, 2.45) is 5.10 Å². The summed E-state index contributed by atoms with van der Waals surface area (Å²) in [6.45, 7) is 3.93. The number of ether oxygens (including phenoxy) is 3. The Hall–Kier alpha value is -2.73. The number of hydrogen-bond acceptors (Lipinski definition) is 5. The molecule has 7 heteroatoms. The average Bonchev–Trinajstić information content (AvgIpc) is 3.06. The lowest BCUT2D eigenvalue weighted by atomic mass is 10.2. The molecule has 0 bridgehead atoms. The van der Waals surface area contributed by atoms with Gasteiger partial charge in [-0.25, -0.2) is 0 Å². The molecule has 0 aromatic heterocycles. The van der Waals surface area contributed by atoms with Gasteiger partial charge in [-0.2, -0.15) is 5.01 Å². The van der Waals surface area contributed by atoms with Crippen LogP contribution in [0, 0.1) is 0 Å². The Morgan fingerprint density at radius 1 is 1.15 bits per heavy atom. The summed E-state index contributed by atoms with van der Waals surface area (Å²) in [5.74, 6) is 1.23. The molecule has 0 N–H and O–H groups in total. The first kappa shape index (κ1) is 18.1. The Morgan fingerprint density at radius 2 is 1.85 bits per heavy atom. The van der Waals surface area contributed by atoms with Crippen molar-refractivity contribution in [3.05, 3.63) is 59.1 Å². The average molecular weight is 375 g/mol. The molecule has 0 saturated heterocycles. The summed E-state index contributed by atoms with van der Waals surface area (Å²) in [7, 11) is 0.